The number of carbonyl (C=O) groups excluding carboxylic acids is 1. The van der Waals surface area contributed by atoms with Gasteiger partial charge in [0.15, 0.2) is 5.82 Å². The van der Waals surface area contributed by atoms with E-state index >= 15 is 0 Å². The van der Waals surface area contributed by atoms with Gasteiger partial charge in [0.05, 0.1) is 0 Å². The molecule has 0 bridgehead atoms. The van der Waals surface area contributed by atoms with Gasteiger partial charge in [-0.2, -0.15) is 0 Å². The van der Waals surface area contributed by atoms with Gasteiger partial charge < -0.3 is 15.2 Å². The average Bonchev–Trinajstić information content (AvgIpc) is 2.95. The SMILES string of the molecule is Cc1ccc(Nc2ccnc(C(=O)Nc3cc(C)on3)c2)c(C)c1. The van der Waals surface area contributed by atoms with Gasteiger partial charge in [-0.05, 0) is 44.5 Å². The predicted octanol–water partition coefficient (Wildman–Crippen LogP) is 3.99. The molecule has 0 saturated heterocycles. The topological polar surface area (TPSA) is 80.0 Å². The number of nitrogens with zero attached hydrogens (tertiary/aromatic N) is 2. The van der Waals surface area contributed by atoms with Gasteiger partial charge in [0.1, 0.15) is 11.5 Å². The Balaban J connectivity index is 1.77. The van der Waals surface area contributed by atoms with Crippen LogP contribution in [0.3, 0.4) is 0 Å². The summed E-state index contributed by atoms with van der Waals surface area (Å²) < 4.78 is 4.93. The van der Waals surface area contributed by atoms with Crippen LogP contribution in [0.5, 0.6) is 0 Å². The van der Waals surface area contributed by atoms with E-state index in [0.717, 1.165) is 16.9 Å². The van der Waals surface area contributed by atoms with E-state index in [1.165, 1.54) is 5.56 Å². The van der Waals surface area contributed by atoms with Crippen molar-refractivity contribution in [3.05, 3.63) is 65.2 Å². The number of amides is 1. The molecule has 1 amide bonds. The lowest BCUT2D eigenvalue weighted by Gasteiger charge is -2.11. The van der Waals surface area contributed by atoms with E-state index in [2.05, 4.69) is 33.8 Å². The van der Waals surface area contributed by atoms with Gasteiger partial charge in [0, 0.05) is 23.6 Å². The van der Waals surface area contributed by atoms with Gasteiger partial charge >= 0.3 is 0 Å². The number of benzene rings is 1. The fourth-order valence-corrected chi connectivity index (χ4v) is 2.35. The van der Waals surface area contributed by atoms with Crippen LogP contribution in [-0.4, -0.2) is 16.0 Å². The number of anilines is 3. The summed E-state index contributed by atoms with van der Waals surface area (Å²) in [5.74, 6) is 0.656. The maximum atomic E-state index is 12.3. The standard InChI is InChI=1S/C18H18N4O2/c1-11-4-5-15(12(2)8-11)20-14-6-7-19-16(10-14)18(23)21-17-9-13(3)24-22-17/h4-10H,1-3H3,(H,19,20)(H,21,22,23). The fraction of sp³-hybridized carbons (Fsp3) is 0.167. The summed E-state index contributed by atoms with van der Waals surface area (Å²) in [4.78, 5) is 16.4. The molecule has 2 aromatic heterocycles. The van der Waals surface area contributed by atoms with Crippen molar-refractivity contribution in [1.82, 2.24) is 10.1 Å². The minimum atomic E-state index is -0.340. The number of hydrogen-bond acceptors (Lipinski definition) is 5. The van der Waals surface area contributed by atoms with Crippen molar-refractivity contribution < 1.29 is 9.32 Å². The van der Waals surface area contributed by atoms with Crippen LogP contribution in [0.15, 0.2) is 47.1 Å². The molecule has 24 heavy (non-hydrogen) atoms. The van der Waals surface area contributed by atoms with Crippen molar-refractivity contribution in [1.29, 1.82) is 0 Å². The van der Waals surface area contributed by atoms with Crippen molar-refractivity contribution in [3.8, 4) is 0 Å². The van der Waals surface area contributed by atoms with Crippen LogP contribution in [0.4, 0.5) is 17.2 Å². The second kappa shape index (κ2) is 6.54. The molecule has 0 radical (unpaired) electrons. The summed E-state index contributed by atoms with van der Waals surface area (Å²) >= 11 is 0. The van der Waals surface area contributed by atoms with Crippen LogP contribution in [0.1, 0.15) is 27.4 Å². The van der Waals surface area contributed by atoms with Crippen LogP contribution in [0.25, 0.3) is 0 Å². The minimum absolute atomic E-state index is 0.297. The normalized spacial score (nSPS) is 10.5. The van der Waals surface area contributed by atoms with Crippen molar-refractivity contribution in [2.45, 2.75) is 20.8 Å². The highest BCUT2D eigenvalue weighted by molar-refractivity contribution is 6.02. The van der Waals surface area contributed by atoms with Gasteiger partial charge in [0.2, 0.25) is 0 Å². The number of rotatable bonds is 4. The van der Waals surface area contributed by atoms with Gasteiger partial charge in [-0.25, -0.2) is 0 Å². The van der Waals surface area contributed by atoms with E-state index in [1.54, 1.807) is 25.3 Å². The van der Waals surface area contributed by atoms with E-state index < -0.39 is 0 Å². The fourth-order valence-electron chi connectivity index (χ4n) is 2.35. The lowest BCUT2D eigenvalue weighted by atomic mass is 10.1. The molecule has 6 heteroatoms. The first-order valence-corrected chi connectivity index (χ1v) is 7.56. The second-order valence-corrected chi connectivity index (χ2v) is 5.65. The Morgan fingerprint density at radius 1 is 1.08 bits per heavy atom. The van der Waals surface area contributed by atoms with Gasteiger partial charge in [0.25, 0.3) is 5.91 Å². The zero-order valence-corrected chi connectivity index (χ0v) is 13.8. The van der Waals surface area contributed by atoms with Crippen molar-refractivity contribution in [2.24, 2.45) is 0 Å². The van der Waals surface area contributed by atoms with Gasteiger partial charge in [-0.3, -0.25) is 9.78 Å². The molecule has 0 unspecified atom stereocenters. The Hall–Kier alpha value is -3.15. The molecule has 0 fully saturated rings. The molecule has 2 N–H and O–H groups in total. The molecule has 6 nitrogen and oxygen atoms in total. The first kappa shape index (κ1) is 15.7. The lowest BCUT2D eigenvalue weighted by molar-refractivity contribution is 0.102. The maximum Gasteiger partial charge on any atom is 0.275 e. The van der Waals surface area contributed by atoms with Crippen LogP contribution < -0.4 is 10.6 Å². The molecular formula is C18H18N4O2. The molecular weight excluding hydrogens is 304 g/mol. The summed E-state index contributed by atoms with van der Waals surface area (Å²) in [6, 6.07) is 11.3. The van der Waals surface area contributed by atoms with Gasteiger partial charge in [-0.1, -0.05) is 22.9 Å². The Bertz CT molecular complexity index is 886. The number of aromatic nitrogens is 2. The third-order valence-corrected chi connectivity index (χ3v) is 3.52. The molecule has 0 aliphatic carbocycles. The van der Waals surface area contributed by atoms with Gasteiger partial charge in [-0.15, -0.1) is 0 Å². The molecule has 0 spiro atoms. The molecule has 1 aromatic carbocycles. The summed E-state index contributed by atoms with van der Waals surface area (Å²) in [6.07, 6.45) is 1.59. The third kappa shape index (κ3) is 3.60. The Morgan fingerprint density at radius 3 is 2.62 bits per heavy atom. The summed E-state index contributed by atoms with van der Waals surface area (Å²) in [6.45, 7) is 5.85. The van der Waals surface area contributed by atoms with Crippen molar-refractivity contribution in [3.63, 3.8) is 0 Å². The van der Waals surface area contributed by atoms with E-state index in [0.29, 0.717) is 17.3 Å². The van der Waals surface area contributed by atoms with Crippen molar-refractivity contribution in [2.75, 3.05) is 10.6 Å². The maximum absolute atomic E-state index is 12.3. The van der Waals surface area contributed by atoms with E-state index in [1.807, 2.05) is 25.1 Å². The lowest BCUT2D eigenvalue weighted by Crippen LogP contribution is -2.14. The average molecular weight is 322 g/mol. The Kier molecular flexibility index (Phi) is 4.29. The summed E-state index contributed by atoms with van der Waals surface area (Å²) in [5, 5.41) is 9.70. The number of nitrogens with one attached hydrogen (secondary N) is 2. The highest BCUT2D eigenvalue weighted by Gasteiger charge is 2.11. The highest BCUT2D eigenvalue weighted by atomic mass is 16.5. The first-order chi connectivity index (χ1) is 11.5. The largest absolute Gasteiger partial charge is 0.360 e. The van der Waals surface area contributed by atoms with Crippen LogP contribution >= 0.6 is 0 Å². The first-order valence-electron chi connectivity index (χ1n) is 7.56. The number of carbonyl (C=O) groups is 1. The number of hydrogen-bond donors (Lipinski definition) is 2. The minimum Gasteiger partial charge on any atom is -0.360 e. The summed E-state index contributed by atoms with van der Waals surface area (Å²) in [5.41, 5.74) is 4.42. The molecule has 2 heterocycles. The Morgan fingerprint density at radius 2 is 1.92 bits per heavy atom. The number of pyridine rings is 1. The Labute approximate surface area is 139 Å². The zero-order chi connectivity index (χ0) is 17.1. The van der Waals surface area contributed by atoms with Crippen LogP contribution in [-0.2, 0) is 0 Å². The third-order valence-electron chi connectivity index (χ3n) is 3.52. The van der Waals surface area contributed by atoms with E-state index in [4.69, 9.17) is 4.52 Å². The zero-order valence-electron chi connectivity index (χ0n) is 13.8. The van der Waals surface area contributed by atoms with Crippen LogP contribution in [0.2, 0.25) is 0 Å². The molecule has 0 saturated carbocycles. The molecule has 3 aromatic rings. The van der Waals surface area contributed by atoms with E-state index in [-0.39, 0.29) is 5.91 Å². The predicted molar refractivity (Wildman–Crippen MR) is 92.6 cm³/mol. The molecule has 0 atom stereocenters. The molecule has 0 aliphatic heterocycles. The molecule has 3 rings (SSSR count). The molecule has 122 valence electrons. The smallest absolute Gasteiger partial charge is 0.275 e. The molecule has 0 aliphatic rings. The monoisotopic (exact) mass is 322 g/mol. The summed E-state index contributed by atoms with van der Waals surface area (Å²) in [7, 11) is 0. The highest BCUT2D eigenvalue weighted by Crippen LogP contribution is 2.22. The number of aryl methyl sites for hydroxylation is 3. The van der Waals surface area contributed by atoms with Crippen LogP contribution in [0, 0.1) is 20.8 Å². The second-order valence-electron chi connectivity index (χ2n) is 5.65. The van der Waals surface area contributed by atoms with E-state index in [9.17, 15) is 4.79 Å². The quantitative estimate of drug-likeness (QED) is 0.759. The van der Waals surface area contributed by atoms with Crippen molar-refractivity contribution >= 4 is 23.1 Å².